The van der Waals surface area contributed by atoms with Gasteiger partial charge in [-0.05, 0) is 24.3 Å². The standard InChI is InChI=1S/C17H15Cl2NO5/c1-23-11-6-10(7-12(8-11)24-2)17(22)25-9-15(21)20-16-13(18)4-3-5-14(16)19/h3-8H,9H2,1-2H3,(H,20,21). The van der Waals surface area contributed by atoms with Crippen LogP contribution in [-0.4, -0.2) is 32.7 Å². The number of carbonyl (C=O) groups is 2. The number of halogens is 2. The third-order valence-electron chi connectivity index (χ3n) is 3.15. The van der Waals surface area contributed by atoms with Gasteiger partial charge in [-0.1, -0.05) is 29.3 Å². The van der Waals surface area contributed by atoms with Crippen LogP contribution in [0, 0.1) is 0 Å². The fourth-order valence-corrected chi connectivity index (χ4v) is 2.42. The predicted octanol–water partition coefficient (Wildman–Crippen LogP) is 3.81. The number of rotatable bonds is 6. The topological polar surface area (TPSA) is 73.9 Å². The molecule has 6 nitrogen and oxygen atoms in total. The Bertz CT molecular complexity index is 752. The minimum Gasteiger partial charge on any atom is -0.497 e. The van der Waals surface area contributed by atoms with Crippen LogP contribution in [-0.2, 0) is 9.53 Å². The van der Waals surface area contributed by atoms with Crippen molar-refractivity contribution in [3.05, 3.63) is 52.0 Å². The van der Waals surface area contributed by atoms with Crippen LogP contribution in [0.1, 0.15) is 10.4 Å². The first-order valence-corrected chi connectivity index (χ1v) is 7.84. The molecule has 0 heterocycles. The van der Waals surface area contributed by atoms with Crippen LogP contribution < -0.4 is 14.8 Å². The highest BCUT2D eigenvalue weighted by atomic mass is 35.5. The van der Waals surface area contributed by atoms with Crippen LogP contribution in [0.15, 0.2) is 36.4 Å². The van der Waals surface area contributed by atoms with Crippen molar-refractivity contribution >= 4 is 40.8 Å². The van der Waals surface area contributed by atoms with E-state index in [4.69, 9.17) is 37.4 Å². The van der Waals surface area contributed by atoms with Crippen LogP contribution in [0.2, 0.25) is 10.0 Å². The number of ether oxygens (including phenoxy) is 3. The first-order chi connectivity index (χ1) is 11.9. The van der Waals surface area contributed by atoms with E-state index < -0.39 is 18.5 Å². The van der Waals surface area contributed by atoms with E-state index in [1.54, 1.807) is 24.3 Å². The first-order valence-electron chi connectivity index (χ1n) is 7.08. The Kier molecular flexibility index (Phi) is 6.50. The third kappa shape index (κ3) is 5.01. The fourth-order valence-electron chi connectivity index (χ4n) is 1.93. The lowest BCUT2D eigenvalue weighted by atomic mass is 10.2. The van der Waals surface area contributed by atoms with E-state index in [9.17, 15) is 9.59 Å². The molecular weight excluding hydrogens is 369 g/mol. The lowest BCUT2D eigenvalue weighted by Gasteiger charge is -2.10. The summed E-state index contributed by atoms with van der Waals surface area (Å²) in [6, 6.07) is 9.38. The lowest BCUT2D eigenvalue weighted by Crippen LogP contribution is -2.21. The predicted molar refractivity (Wildman–Crippen MR) is 94.9 cm³/mol. The molecule has 0 unspecified atom stereocenters. The summed E-state index contributed by atoms with van der Waals surface area (Å²) in [5.41, 5.74) is 0.453. The summed E-state index contributed by atoms with van der Waals surface area (Å²) in [6.07, 6.45) is 0. The molecule has 25 heavy (non-hydrogen) atoms. The summed E-state index contributed by atoms with van der Waals surface area (Å²) >= 11 is 11.9. The summed E-state index contributed by atoms with van der Waals surface area (Å²) in [5, 5.41) is 3.07. The highest BCUT2D eigenvalue weighted by Gasteiger charge is 2.15. The van der Waals surface area contributed by atoms with Crippen LogP contribution in [0.3, 0.4) is 0 Å². The van der Waals surface area contributed by atoms with E-state index in [1.807, 2.05) is 0 Å². The van der Waals surface area contributed by atoms with Crippen LogP contribution in [0.4, 0.5) is 5.69 Å². The second-order valence-corrected chi connectivity index (χ2v) is 5.64. The summed E-state index contributed by atoms with van der Waals surface area (Å²) in [7, 11) is 2.93. The molecule has 0 saturated carbocycles. The molecule has 0 aliphatic carbocycles. The van der Waals surface area contributed by atoms with Crippen molar-refractivity contribution in [2.75, 3.05) is 26.1 Å². The molecule has 1 amide bonds. The fraction of sp³-hybridized carbons (Fsp3) is 0.176. The van der Waals surface area contributed by atoms with Gasteiger partial charge in [-0.15, -0.1) is 0 Å². The molecule has 0 radical (unpaired) electrons. The van der Waals surface area contributed by atoms with Gasteiger partial charge in [-0.2, -0.15) is 0 Å². The number of amides is 1. The Labute approximate surface area is 154 Å². The number of methoxy groups -OCH3 is 2. The Morgan fingerprint density at radius 2 is 1.56 bits per heavy atom. The summed E-state index contributed by atoms with van der Waals surface area (Å²) < 4.78 is 15.2. The second-order valence-electron chi connectivity index (χ2n) is 4.82. The highest BCUT2D eigenvalue weighted by molar-refractivity contribution is 6.39. The molecule has 2 aromatic carbocycles. The lowest BCUT2D eigenvalue weighted by molar-refractivity contribution is -0.119. The van der Waals surface area contributed by atoms with Crippen molar-refractivity contribution < 1.29 is 23.8 Å². The van der Waals surface area contributed by atoms with E-state index in [1.165, 1.54) is 26.4 Å². The minimum atomic E-state index is -0.697. The molecule has 1 N–H and O–H groups in total. The van der Waals surface area contributed by atoms with Crippen molar-refractivity contribution in [1.29, 1.82) is 0 Å². The maximum absolute atomic E-state index is 12.1. The van der Waals surface area contributed by atoms with Gasteiger partial charge in [0.15, 0.2) is 6.61 Å². The number of anilines is 1. The Hall–Kier alpha value is -2.44. The number of carbonyl (C=O) groups excluding carboxylic acids is 2. The molecule has 0 atom stereocenters. The van der Waals surface area contributed by atoms with Gasteiger partial charge in [0.1, 0.15) is 11.5 Å². The molecule has 0 bridgehead atoms. The van der Waals surface area contributed by atoms with Gasteiger partial charge in [0.05, 0.1) is 35.5 Å². The van der Waals surface area contributed by atoms with Crippen molar-refractivity contribution in [3.8, 4) is 11.5 Å². The summed E-state index contributed by atoms with van der Waals surface area (Å²) in [5.74, 6) is -0.409. The van der Waals surface area contributed by atoms with Crippen LogP contribution in [0.25, 0.3) is 0 Å². The average Bonchev–Trinajstić information content (AvgIpc) is 2.62. The molecule has 0 spiro atoms. The van der Waals surface area contributed by atoms with Crippen molar-refractivity contribution in [2.45, 2.75) is 0 Å². The van der Waals surface area contributed by atoms with Crippen LogP contribution in [0.5, 0.6) is 11.5 Å². The number of hydrogen-bond acceptors (Lipinski definition) is 5. The number of benzene rings is 2. The molecule has 2 rings (SSSR count). The van der Waals surface area contributed by atoms with E-state index in [0.29, 0.717) is 11.5 Å². The molecule has 8 heteroatoms. The number of nitrogens with one attached hydrogen (secondary N) is 1. The van der Waals surface area contributed by atoms with Gasteiger partial charge in [0, 0.05) is 6.07 Å². The van der Waals surface area contributed by atoms with Gasteiger partial charge in [-0.3, -0.25) is 4.79 Å². The SMILES string of the molecule is COc1cc(OC)cc(C(=O)OCC(=O)Nc2c(Cl)cccc2Cl)c1. The van der Waals surface area contributed by atoms with Crippen LogP contribution >= 0.6 is 23.2 Å². The molecule has 0 aromatic heterocycles. The van der Waals surface area contributed by atoms with Gasteiger partial charge in [-0.25, -0.2) is 4.79 Å². The molecule has 132 valence electrons. The highest BCUT2D eigenvalue weighted by Crippen LogP contribution is 2.29. The monoisotopic (exact) mass is 383 g/mol. The molecule has 0 fully saturated rings. The zero-order valence-corrected chi connectivity index (χ0v) is 15.0. The molecule has 0 aliphatic rings. The molecule has 2 aromatic rings. The normalized spacial score (nSPS) is 10.1. The number of para-hydroxylation sites is 1. The Morgan fingerprint density at radius 1 is 1.00 bits per heavy atom. The maximum Gasteiger partial charge on any atom is 0.338 e. The van der Waals surface area contributed by atoms with Crippen molar-refractivity contribution in [3.63, 3.8) is 0 Å². The average molecular weight is 384 g/mol. The van der Waals surface area contributed by atoms with Crippen molar-refractivity contribution in [1.82, 2.24) is 0 Å². The zero-order valence-electron chi connectivity index (χ0n) is 13.5. The van der Waals surface area contributed by atoms with Gasteiger partial charge < -0.3 is 19.5 Å². The summed E-state index contributed by atoms with van der Waals surface area (Å²) in [4.78, 5) is 24.1. The second kappa shape index (κ2) is 8.60. The third-order valence-corrected chi connectivity index (χ3v) is 3.78. The number of esters is 1. The molecule has 0 saturated heterocycles. The smallest absolute Gasteiger partial charge is 0.338 e. The maximum atomic E-state index is 12.1. The van der Waals surface area contributed by atoms with E-state index >= 15 is 0 Å². The quantitative estimate of drug-likeness (QED) is 0.767. The zero-order chi connectivity index (χ0) is 18.4. The van der Waals surface area contributed by atoms with Gasteiger partial charge >= 0.3 is 5.97 Å². The Balaban J connectivity index is 2.01. The molecule has 0 aliphatic heterocycles. The van der Waals surface area contributed by atoms with E-state index in [2.05, 4.69) is 5.32 Å². The largest absolute Gasteiger partial charge is 0.497 e. The van der Waals surface area contributed by atoms with Gasteiger partial charge in [0.2, 0.25) is 0 Å². The van der Waals surface area contributed by atoms with Crippen molar-refractivity contribution in [2.24, 2.45) is 0 Å². The van der Waals surface area contributed by atoms with E-state index in [-0.39, 0.29) is 21.3 Å². The minimum absolute atomic E-state index is 0.194. The summed E-state index contributed by atoms with van der Waals surface area (Å²) in [6.45, 7) is -0.500. The van der Waals surface area contributed by atoms with E-state index in [0.717, 1.165) is 0 Å². The Morgan fingerprint density at radius 3 is 2.08 bits per heavy atom. The number of hydrogen-bond donors (Lipinski definition) is 1. The first kappa shape index (κ1) is 18.9. The molecular formula is C17H15Cl2NO5. The van der Waals surface area contributed by atoms with Gasteiger partial charge in [0.25, 0.3) is 5.91 Å².